The fourth-order valence-electron chi connectivity index (χ4n) is 4.60. The highest BCUT2D eigenvalue weighted by molar-refractivity contribution is 7.00. The van der Waals surface area contributed by atoms with Gasteiger partial charge in [-0.2, -0.15) is 4.57 Å². The van der Waals surface area contributed by atoms with Crippen LogP contribution in [-0.2, 0) is 7.05 Å². The zero-order chi connectivity index (χ0) is 23.4. The molecule has 3 aromatic carbocycles. The van der Waals surface area contributed by atoms with Crippen LogP contribution in [0.25, 0.3) is 22.0 Å². The van der Waals surface area contributed by atoms with Crippen LogP contribution in [0.2, 0.25) is 13.1 Å². The molecule has 4 rings (SSSR count). The maximum Gasteiger partial charge on any atom is 0.220 e. The Balaban J connectivity index is 2.09. The van der Waals surface area contributed by atoms with Crippen LogP contribution in [0.3, 0.4) is 0 Å². The molecule has 1 nitrogen and oxygen atoms in total. The van der Waals surface area contributed by atoms with Crippen molar-refractivity contribution in [2.45, 2.75) is 40.8 Å². The van der Waals surface area contributed by atoms with Crippen LogP contribution in [0, 0.1) is 33.5 Å². The summed E-state index contributed by atoms with van der Waals surface area (Å²) in [5, 5.41) is 3.56. The molecule has 0 saturated heterocycles. The van der Waals surface area contributed by atoms with Crippen molar-refractivity contribution in [2.24, 2.45) is 7.05 Å². The molecule has 0 atom stereocenters. The van der Waals surface area contributed by atoms with E-state index in [-0.39, 0.29) is 5.82 Å². The lowest BCUT2D eigenvalue weighted by atomic mass is 9.94. The molecule has 3 heteroatoms. The van der Waals surface area contributed by atoms with E-state index in [2.05, 4.69) is 58.1 Å². The van der Waals surface area contributed by atoms with Gasteiger partial charge in [-0.3, -0.25) is 0 Å². The summed E-state index contributed by atoms with van der Waals surface area (Å²) in [6, 6.07) is 18.7. The molecule has 158 valence electrons. The molecule has 0 amide bonds. The largest absolute Gasteiger partial charge is 0.220 e. The number of fused-ring (bicyclic) bond motifs is 1. The first-order valence-electron chi connectivity index (χ1n) is 11.3. The van der Waals surface area contributed by atoms with E-state index in [4.69, 9.17) is 1.37 Å². The average molecular weight is 430 g/mol. The van der Waals surface area contributed by atoms with Crippen LogP contribution >= 0.6 is 0 Å². The van der Waals surface area contributed by atoms with Crippen molar-refractivity contribution in [3.63, 3.8) is 0 Å². The third kappa shape index (κ3) is 3.61. The molecule has 0 aliphatic heterocycles. The maximum absolute atomic E-state index is 15.8. The van der Waals surface area contributed by atoms with Gasteiger partial charge in [0.05, 0.1) is 12.3 Å². The predicted molar refractivity (Wildman–Crippen MR) is 133 cm³/mol. The Morgan fingerprint density at radius 3 is 2.29 bits per heavy atom. The van der Waals surface area contributed by atoms with Crippen LogP contribution in [-0.4, -0.2) is 8.07 Å². The lowest BCUT2D eigenvalue weighted by Gasteiger charge is -2.25. The molecule has 4 aromatic rings. The quantitative estimate of drug-likeness (QED) is 0.298. The molecule has 0 fully saturated rings. The van der Waals surface area contributed by atoms with Crippen molar-refractivity contribution >= 4 is 29.2 Å². The van der Waals surface area contributed by atoms with Crippen LogP contribution in [0.15, 0.2) is 60.6 Å². The predicted octanol–water partition coefficient (Wildman–Crippen LogP) is 5.53. The van der Waals surface area contributed by atoms with E-state index in [9.17, 15) is 0 Å². The molecule has 0 aliphatic rings. The van der Waals surface area contributed by atoms with E-state index in [0.29, 0.717) is 6.04 Å². The molecule has 1 heterocycles. The van der Waals surface area contributed by atoms with Gasteiger partial charge in [-0.05, 0) is 54.6 Å². The second-order valence-corrected chi connectivity index (χ2v) is 13.6. The minimum atomic E-state index is -2.26. The highest BCUT2D eigenvalue weighted by Crippen LogP contribution is 2.31. The number of aromatic nitrogens is 1. The normalized spacial score (nSPS) is 12.3. The van der Waals surface area contributed by atoms with Crippen molar-refractivity contribution in [3.8, 4) is 11.3 Å². The van der Waals surface area contributed by atoms with E-state index in [1.807, 2.05) is 42.8 Å². The highest BCUT2D eigenvalue weighted by atomic mass is 28.3. The Bertz CT molecular complexity index is 1360. The number of halogens is 1. The SMILES string of the molecule is [2H]c1c(C)[n+](C)c(-c2cc(C)cc(C)c2C)c2cc(F)c([Si](C)(C)c3ccccc3)cc12. The zero-order valence-electron chi connectivity index (χ0n) is 20.5. The number of pyridine rings is 1. The third-order valence-corrected chi connectivity index (χ3v) is 10.3. The standard InChI is InChI=1S/C28H31FNSi/c1-18-13-19(2)21(4)24(14-18)28-25-17-26(29)27(16-22(25)15-20(3)30(28)5)31(6,7)23-11-9-8-10-12-23/h8-17H,1-7H3/q+1/i15D. The number of rotatable bonds is 3. The summed E-state index contributed by atoms with van der Waals surface area (Å²) in [7, 11) is -0.282. The van der Waals surface area contributed by atoms with Gasteiger partial charge in [0, 0.05) is 13.0 Å². The van der Waals surface area contributed by atoms with E-state index in [1.54, 1.807) is 6.07 Å². The first-order chi connectivity index (χ1) is 15.0. The molecule has 0 spiro atoms. The zero-order valence-corrected chi connectivity index (χ0v) is 20.5. The van der Waals surface area contributed by atoms with Crippen molar-refractivity contribution in [3.05, 3.63) is 88.8 Å². The van der Waals surface area contributed by atoms with Crippen LogP contribution in [0.5, 0.6) is 0 Å². The molecule has 0 bridgehead atoms. The Hall–Kier alpha value is -2.78. The van der Waals surface area contributed by atoms with Gasteiger partial charge in [-0.1, -0.05) is 66.3 Å². The van der Waals surface area contributed by atoms with Gasteiger partial charge < -0.3 is 0 Å². The summed E-state index contributed by atoms with van der Waals surface area (Å²) in [6.07, 6.45) is 0. The molecule has 31 heavy (non-hydrogen) atoms. The number of hydrogen-bond acceptors (Lipinski definition) is 0. The van der Waals surface area contributed by atoms with E-state index < -0.39 is 8.07 Å². The summed E-state index contributed by atoms with van der Waals surface area (Å²) >= 11 is 0. The Labute approximate surface area is 187 Å². The Morgan fingerprint density at radius 2 is 1.61 bits per heavy atom. The number of aryl methyl sites for hydroxylation is 2. The van der Waals surface area contributed by atoms with Crippen LogP contribution in [0.1, 0.15) is 23.8 Å². The third-order valence-electron chi connectivity index (χ3n) is 6.75. The second kappa shape index (κ2) is 7.72. The van der Waals surface area contributed by atoms with Gasteiger partial charge in [-0.25, -0.2) is 4.39 Å². The van der Waals surface area contributed by atoms with Gasteiger partial charge in [0.2, 0.25) is 5.69 Å². The van der Waals surface area contributed by atoms with Crippen molar-refractivity contribution < 1.29 is 10.3 Å². The maximum atomic E-state index is 15.8. The summed E-state index contributed by atoms with van der Waals surface area (Å²) in [5.74, 6) is -0.176. The summed E-state index contributed by atoms with van der Waals surface area (Å²) in [4.78, 5) is 0. The van der Waals surface area contributed by atoms with Crippen molar-refractivity contribution in [1.82, 2.24) is 0 Å². The fourth-order valence-corrected chi connectivity index (χ4v) is 7.11. The van der Waals surface area contributed by atoms with E-state index in [0.717, 1.165) is 32.9 Å². The summed E-state index contributed by atoms with van der Waals surface area (Å²) in [6.45, 7) is 12.7. The molecule has 0 radical (unpaired) electrons. The summed E-state index contributed by atoms with van der Waals surface area (Å²) in [5.41, 5.74) is 6.54. The Morgan fingerprint density at radius 1 is 0.935 bits per heavy atom. The highest BCUT2D eigenvalue weighted by Gasteiger charge is 2.31. The molecule has 0 saturated carbocycles. The lowest BCUT2D eigenvalue weighted by molar-refractivity contribution is -0.665. The first kappa shape index (κ1) is 20.1. The lowest BCUT2D eigenvalue weighted by Crippen LogP contribution is -2.54. The smallest absolute Gasteiger partial charge is 0.207 e. The van der Waals surface area contributed by atoms with Crippen LogP contribution < -0.4 is 14.9 Å². The van der Waals surface area contributed by atoms with E-state index in [1.165, 1.54) is 21.9 Å². The number of hydrogen-bond donors (Lipinski definition) is 0. The second-order valence-electron chi connectivity index (χ2n) is 9.24. The van der Waals surface area contributed by atoms with Gasteiger partial charge in [0.15, 0.2) is 5.69 Å². The molecular weight excluding hydrogens is 397 g/mol. The van der Waals surface area contributed by atoms with Gasteiger partial charge in [0.25, 0.3) is 0 Å². The molecular formula is C28H31FNSi+. The number of benzene rings is 3. The average Bonchev–Trinajstić information content (AvgIpc) is 2.75. The fraction of sp³-hybridized carbons (Fsp3) is 0.250. The monoisotopic (exact) mass is 429 g/mol. The van der Waals surface area contributed by atoms with Crippen LogP contribution in [0.4, 0.5) is 4.39 Å². The minimum absolute atomic E-state index is 0.176. The topological polar surface area (TPSA) is 3.88 Å². The van der Waals surface area contributed by atoms with Gasteiger partial charge >= 0.3 is 0 Å². The molecule has 0 aliphatic carbocycles. The number of nitrogens with zero attached hydrogens (tertiary/aromatic N) is 1. The molecule has 0 N–H and O–H groups in total. The van der Waals surface area contributed by atoms with E-state index >= 15 is 4.39 Å². The summed E-state index contributed by atoms with van der Waals surface area (Å²) < 4.78 is 26.7. The molecule has 1 aromatic heterocycles. The Kier molecular flexibility index (Phi) is 5.02. The minimum Gasteiger partial charge on any atom is -0.207 e. The van der Waals surface area contributed by atoms with Gasteiger partial charge in [0.1, 0.15) is 20.9 Å². The first-order valence-corrected chi connectivity index (χ1v) is 13.8. The molecule has 0 unspecified atom stereocenters. The van der Waals surface area contributed by atoms with Crippen molar-refractivity contribution in [2.75, 3.05) is 0 Å². The van der Waals surface area contributed by atoms with Crippen molar-refractivity contribution in [1.29, 1.82) is 0 Å². The van der Waals surface area contributed by atoms with Gasteiger partial charge in [-0.15, -0.1) is 0 Å².